The zero-order valence-electron chi connectivity index (χ0n) is 14.8. The van der Waals surface area contributed by atoms with Crippen LogP contribution in [0.25, 0.3) is 0 Å². The highest BCUT2D eigenvalue weighted by molar-refractivity contribution is 5.80. The molecule has 25 heavy (non-hydrogen) atoms. The largest absolute Gasteiger partial charge is 0.356 e. The van der Waals surface area contributed by atoms with Crippen LogP contribution in [0.15, 0.2) is 65.7 Å². The SMILES string of the molecule is c1ccc(C(c2ccccc2)C2CCN(C3=NCCCN3)CC2)cc1. The van der Waals surface area contributed by atoms with Crippen LogP contribution in [0.2, 0.25) is 0 Å². The topological polar surface area (TPSA) is 27.6 Å². The van der Waals surface area contributed by atoms with E-state index in [1.54, 1.807) is 0 Å². The Hall–Kier alpha value is -2.29. The van der Waals surface area contributed by atoms with E-state index in [2.05, 4.69) is 75.9 Å². The number of likely N-dealkylation sites (tertiary alicyclic amines) is 1. The number of benzene rings is 2. The summed E-state index contributed by atoms with van der Waals surface area (Å²) in [5.41, 5.74) is 2.89. The van der Waals surface area contributed by atoms with Gasteiger partial charge in [0, 0.05) is 32.1 Å². The average Bonchev–Trinajstić information content (AvgIpc) is 2.71. The number of piperidine rings is 1. The van der Waals surface area contributed by atoms with Crippen LogP contribution >= 0.6 is 0 Å². The quantitative estimate of drug-likeness (QED) is 0.923. The van der Waals surface area contributed by atoms with Gasteiger partial charge in [0.1, 0.15) is 0 Å². The molecule has 0 spiro atoms. The van der Waals surface area contributed by atoms with Crippen LogP contribution in [0.3, 0.4) is 0 Å². The zero-order valence-corrected chi connectivity index (χ0v) is 14.8. The molecular formula is C22H27N3. The number of nitrogens with one attached hydrogen (secondary N) is 1. The lowest BCUT2D eigenvalue weighted by molar-refractivity contribution is 0.242. The highest BCUT2D eigenvalue weighted by Gasteiger charge is 2.30. The van der Waals surface area contributed by atoms with Crippen molar-refractivity contribution in [1.82, 2.24) is 10.2 Å². The van der Waals surface area contributed by atoms with E-state index in [0.29, 0.717) is 11.8 Å². The molecular weight excluding hydrogens is 306 g/mol. The van der Waals surface area contributed by atoms with E-state index in [1.807, 2.05) is 0 Å². The lowest BCUT2D eigenvalue weighted by Crippen LogP contribution is -2.48. The van der Waals surface area contributed by atoms with Crippen molar-refractivity contribution < 1.29 is 0 Å². The van der Waals surface area contributed by atoms with Gasteiger partial charge in [-0.2, -0.15) is 0 Å². The van der Waals surface area contributed by atoms with Gasteiger partial charge in [-0.25, -0.2) is 0 Å². The summed E-state index contributed by atoms with van der Waals surface area (Å²) in [5, 5.41) is 3.47. The third kappa shape index (κ3) is 3.71. The Kier molecular flexibility index (Phi) is 5.01. The van der Waals surface area contributed by atoms with E-state index in [4.69, 9.17) is 0 Å². The molecule has 2 heterocycles. The predicted octanol–water partition coefficient (Wildman–Crippen LogP) is 3.88. The Morgan fingerprint density at radius 2 is 1.48 bits per heavy atom. The number of guanidine groups is 1. The molecule has 1 saturated heterocycles. The van der Waals surface area contributed by atoms with Gasteiger partial charge in [-0.15, -0.1) is 0 Å². The molecule has 3 heteroatoms. The van der Waals surface area contributed by atoms with Crippen molar-refractivity contribution >= 4 is 5.96 Å². The summed E-state index contributed by atoms with van der Waals surface area (Å²) in [4.78, 5) is 7.12. The fourth-order valence-electron chi connectivity index (χ4n) is 4.23. The molecule has 0 amide bonds. The normalized spacial score (nSPS) is 18.8. The molecule has 0 radical (unpaired) electrons. The Balaban J connectivity index is 1.52. The summed E-state index contributed by atoms with van der Waals surface area (Å²) in [6.07, 6.45) is 3.59. The van der Waals surface area contributed by atoms with Crippen molar-refractivity contribution in [1.29, 1.82) is 0 Å². The molecule has 3 nitrogen and oxygen atoms in total. The summed E-state index contributed by atoms with van der Waals surface area (Å²) >= 11 is 0. The third-order valence-electron chi connectivity index (χ3n) is 5.51. The van der Waals surface area contributed by atoms with Crippen LogP contribution in [-0.4, -0.2) is 37.0 Å². The van der Waals surface area contributed by atoms with Gasteiger partial charge in [0.25, 0.3) is 0 Å². The maximum atomic E-state index is 4.67. The number of rotatable bonds is 3. The average molecular weight is 333 g/mol. The molecule has 130 valence electrons. The van der Waals surface area contributed by atoms with Crippen LogP contribution in [0.5, 0.6) is 0 Å². The predicted molar refractivity (Wildman–Crippen MR) is 104 cm³/mol. The third-order valence-corrected chi connectivity index (χ3v) is 5.51. The summed E-state index contributed by atoms with van der Waals surface area (Å²) in [6.45, 7) is 4.24. The van der Waals surface area contributed by atoms with Gasteiger partial charge in [0.15, 0.2) is 5.96 Å². The second kappa shape index (κ2) is 7.73. The standard InChI is InChI=1S/C22H27N3/c1-3-8-18(9-4-1)21(19-10-5-2-6-11-19)20-12-16-25(17-13-20)22-23-14-7-15-24-22/h1-6,8-11,20-21H,7,12-17H2,(H,23,24). The first-order valence-corrected chi connectivity index (χ1v) is 9.55. The molecule has 2 aliphatic rings. The number of hydrogen-bond donors (Lipinski definition) is 1. The minimum atomic E-state index is 0.491. The first-order valence-electron chi connectivity index (χ1n) is 9.55. The van der Waals surface area contributed by atoms with Gasteiger partial charge >= 0.3 is 0 Å². The fourth-order valence-corrected chi connectivity index (χ4v) is 4.23. The van der Waals surface area contributed by atoms with Gasteiger partial charge in [-0.3, -0.25) is 4.99 Å². The molecule has 1 N–H and O–H groups in total. The van der Waals surface area contributed by atoms with Crippen molar-refractivity contribution in [3.63, 3.8) is 0 Å². The van der Waals surface area contributed by atoms with Gasteiger partial charge in [0.2, 0.25) is 0 Å². The number of hydrogen-bond acceptors (Lipinski definition) is 3. The van der Waals surface area contributed by atoms with Crippen LogP contribution in [0.1, 0.15) is 36.3 Å². The highest BCUT2D eigenvalue weighted by Crippen LogP contribution is 2.37. The summed E-state index contributed by atoms with van der Waals surface area (Å²) in [5.74, 6) is 2.30. The second-order valence-corrected chi connectivity index (χ2v) is 7.11. The van der Waals surface area contributed by atoms with Gasteiger partial charge in [0.05, 0.1) is 0 Å². The summed E-state index contributed by atoms with van der Waals surface area (Å²) in [7, 11) is 0. The number of nitrogens with zero attached hydrogens (tertiary/aromatic N) is 2. The summed E-state index contributed by atoms with van der Waals surface area (Å²) < 4.78 is 0. The minimum Gasteiger partial charge on any atom is -0.356 e. The molecule has 4 rings (SSSR count). The molecule has 2 aromatic rings. The van der Waals surface area contributed by atoms with Crippen molar-refractivity contribution in [2.45, 2.75) is 25.2 Å². The lowest BCUT2D eigenvalue weighted by Gasteiger charge is -2.38. The second-order valence-electron chi connectivity index (χ2n) is 7.11. The minimum absolute atomic E-state index is 0.491. The summed E-state index contributed by atoms with van der Waals surface area (Å²) in [6, 6.07) is 22.0. The van der Waals surface area contributed by atoms with Gasteiger partial charge < -0.3 is 10.2 Å². The first kappa shape index (κ1) is 16.2. The van der Waals surface area contributed by atoms with Crippen LogP contribution < -0.4 is 5.32 Å². The first-order chi connectivity index (χ1) is 12.4. The molecule has 2 aliphatic heterocycles. The van der Waals surface area contributed by atoms with Crippen LogP contribution in [-0.2, 0) is 0 Å². The smallest absolute Gasteiger partial charge is 0.193 e. The van der Waals surface area contributed by atoms with E-state index in [1.165, 1.54) is 24.0 Å². The Morgan fingerprint density at radius 3 is 2.00 bits per heavy atom. The van der Waals surface area contributed by atoms with Crippen LogP contribution in [0.4, 0.5) is 0 Å². The zero-order chi connectivity index (χ0) is 16.9. The fraction of sp³-hybridized carbons (Fsp3) is 0.409. The highest BCUT2D eigenvalue weighted by atomic mass is 15.3. The lowest BCUT2D eigenvalue weighted by atomic mass is 9.76. The van der Waals surface area contributed by atoms with E-state index in [9.17, 15) is 0 Å². The van der Waals surface area contributed by atoms with Crippen molar-refractivity contribution in [2.75, 3.05) is 26.2 Å². The van der Waals surface area contributed by atoms with Crippen molar-refractivity contribution in [3.8, 4) is 0 Å². The molecule has 0 atom stereocenters. The van der Waals surface area contributed by atoms with Crippen LogP contribution in [0, 0.1) is 5.92 Å². The van der Waals surface area contributed by atoms with E-state index < -0.39 is 0 Å². The molecule has 0 aliphatic carbocycles. The molecule has 0 unspecified atom stereocenters. The van der Waals surface area contributed by atoms with Crippen molar-refractivity contribution in [2.24, 2.45) is 10.9 Å². The molecule has 2 aromatic carbocycles. The maximum absolute atomic E-state index is 4.67. The Morgan fingerprint density at radius 1 is 0.880 bits per heavy atom. The van der Waals surface area contributed by atoms with Crippen molar-refractivity contribution in [3.05, 3.63) is 71.8 Å². The molecule has 0 saturated carbocycles. The van der Waals surface area contributed by atoms with E-state index in [0.717, 1.165) is 38.6 Å². The van der Waals surface area contributed by atoms with Gasteiger partial charge in [-0.1, -0.05) is 60.7 Å². The van der Waals surface area contributed by atoms with E-state index >= 15 is 0 Å². The molecule has 0 aromatic heterocycles. The van der Waals surface area contributed by atoms with E-state index in [-0.39, 0.29) is 0 Å². The Bertz CT molecular complexity index is 648. The van der Waals surface area contributed by atoms with Gasteiger partial charge in [-0.05, 0) is 36.3 Å². The number of aliphatic imine (C=N–C) groups is 1. The molecule has 1 fully saturated rings. The monoisotopic (exact) mass is 333 g/mol. The molecule has 0 bridgehead atoms. The Labute approximate surface area is 150 Å². The maximum Gasteiger partial charge on any atom is 0.193 e.